The van der Waals surface area contributed by atoms with E-state index in [0.717, 1.165) is 39.4 Å². The molecule has 0 aliphatic carbocycles. The molecule has 2 heterocycles. The van der Waals surface area contributed by atoms with Crippen LogP contribution >= 0.6 is 11.8 Å². The number of ether oxygens (including phenoxy) is 2. The van der Waals surface area contributed by atoms with Gasteiger partial charge in [0.25, 0.3) is 0 Å². The van der Waals surface area contributed by atoms with Gasteiger partial charge in [0.1, 0.15) is 17.4 Å². The number of methoxy groups -OCH3 is 1. The van der Waals surface area contributed by atoms with Crippen LogP contribution in [0.5, 0.6) is 11.5 Å². The summed E-state index contributed by atoms with van der Waals surface area (Å²) >= 11 is 1.55. The molecule has 0 aliphatic heterocycles. The van der Waals surface area contributed by atoms with E-state index < -0.39 is 11.2 Å². The van der Waals surface area contributed by atoms with Gasteiger partial charge in [-0.05, 0) is 73.2 Å². The van der Waals surface area contributed by atoms with E-state index >= 15 is 0 Å². The molecule has 206 valence electrons. The Bertz CT molecular complexity index is 1590. The van der Waals surface area contributed by atoms with Crippen molar-refractivity contribution in [3.05, 3.63) is 114 Å². The number of aromatic nitrogens is 4. The highest BCUT2D eigenvalue weighted by molar-refractivity contribution is 7.99. The molecule has 0 amide bonds. The fourth-order valence-electron chi connectivity index (χ4n) is 4.56. The third-order valence-corrected chi connectivity index (χ3v) is 7.77. The number of nitrogens with zero attached hydrogens (tertiary/aromatic N) is 4. The van der Waals surface area contributed by atoms with Crippen LogP contribution in [0.3, 0.4) is 0 Å². The molecule has 0 atom stereocenters. The van der Waals surface area contributed by atoms with E-state index in [-0.39, 0.29) is 11.6 Å². The van der Waals surface area contributed by atoms with Gasteiger partial charge in [0, 0.05) is 34.9 Å². The Kier molecular flexibility index (Phi) is 7.93. The molecular weight excluding hydrogens is 530 g/mol. The first-order valence-corrected chi connectivity index (χ1v) is 13.8. The lowest BCUT2D eigenvalue weighted by atomic mass is 9.81. The summed E-state index contributed by atoms with van der Waals surface area (Å²) < 4.78 is 43.2. The fourth-order valence-corrected chi connectivity index (χ4v) is 5.37. The standard InChI is InChI=1S/C31H30F2N4O2S/c1-21-34-15-16-36(21)24-10-12-26(13-11-24)39-17-18-40-30-35-20-29(37(30)25-8-6-23(32)7-9-25)31(2,3)22-5-14-27(33)28(19-22)38-4/h5-16,19-20H,17-18H2,1-4H3. The molecule has 0 bridgehead atoms. The third kappa shape index (κ3) is 5.60. The molecule has 5 aromatic rings. The molecule has 9 heteroatoms. The average molecular weight is 561 g/mol. The molecular formula is C31H30F2N4O2S. The van der Waals surface area contributed by atoms with Crippen LogP contribution in [-0.2, 0) is 5.41 Å². The van der Waals surface area contributed by atoms with Crippen LogP contribution in [0.1, 0.15) is 30.9 Å². The lowest BCUT2D eigenvalue weighted by Gasteiger charge is -2.28. The largest absolute Gasteiger partial charge is 0.494 e. The molecule has 5 rings (SSSR count). The highest BCUT2D eigenvalue weighted by Gasteiger charge is 2.30. The summed E-state index contributed by atoms with van der Waals surface area (Å²) in [5, 5.41) is 0.748. The van der Waals surface area contributed by atoms with Gasteiger partial charge in [0.15, 0.2) is 16.7 Å². The molecule has 0 unspecified atom stereocenters. The molecule has 6 nitrogen and oxygen atoms in total. The molecule has 0 spiro atoms. The minimum absolute atomic E-state index is 0.179. The second-order valence-electron chi connectivity index (χ2n) is 9.75. The topological polar surface area (TPSA) is 54.1 Å². The molecule has 0 fully saturated rings. The number of thioether (sulfide) groups is 1. The lowest BCUT2D eigenvalue weighted by Crippen LogP contribution is -2.23. The average Bonchev–Trinajstić information content (AvgIpc) is 3.59. The van der Waals surface area contributed by atoms with Crippen molar-refractivity contribution in [2.45, 2.75) is 31.3 Å². The van der Waals surface area contributed by atoms with Crippen LogP contribution in [-0.4, -0.2) is 38.6 Å². The van der Waals surface area contributed by atoms with Gasteiger partial charge in [0.05, 0.1) is 25.6 Å². The van der Waals surface area contributed by atoms with Gasteiger partial charge in [-0.25, -0.2) is 18.7 Å². The van der Waals surface area contributed by atoms with Crippen molar-refractivity contribution in [2.24, 2.45) is 0 Å². The third-order valence-electron chi connectivity index (χ3n) is 6.85. The number of hydrogen-bond donors (Lipinski definition) is 0. The summed E-state index contributed by atoms with van der Waals surface area (Å²) in [7, 11) is 1.45. The lowest BCUT2D eigenvalue weighted by molar-refractivity contribution is 0.344. The fraction of sp³-hybridized carbons (Fsp3) is 0.226. The van der Waals surface area contributed by atoms with E-state index in [4.69, 9.17) is 14.5 Å². The van der Waals surface area contributed by atoms with Crippen molar-refractivity contribution in [3.8, 4) is 22.9 Å². The minimum atomic E-state index is -0.562. The molecule has 3 aromatic carbocycles. The van der Waals surface area contributed by atoms with Crippen molar-refractivity contribution in [3.63, 3.8) is 0 Å². The molecule has 0 saturated carbocycles. The molecule has 40 heavy (non-hydrogen) atoms. The van der Waals surface area contributed by atoms with Crippen LogP contribution in [0.2, 0.25) is 0 Å². The highest BCUT2D eigenvalue weighted by Crippen LogP contribution is 2.37. The van der Waals surface area contributed by atoms with E-state index in [1.165, 1.54) is 25.3 Å². The van der Waals surface area contributed by atoms with Crippen LogP contribution < -0.4 is 9.47 Å². The second-order valence-corrected chi connectivity index (χ2v) is 10.8. The summed E-state index contributed by atoms with van der Waals surface area (Å²) in [5.41, 5.74) is 2.98. The van der Waals surface area contributed by atoms with Gasteiger partial charge < -0.3 is 14.0 Å². The summed E-state index contributed by atoms with van der Waals surface area (Å²) in [4.78, 5) is 8.99. The van der Waals surface area contributed by atoms with Crippen molar-refractivity contribution in [1.29, 1.82) is 0 Å². The maximum absolute atomic E-state index is 14.1. The Balaban J connectivity index is 1.35. The Morgan fingerprint density at radius 1 is 0.925 bits per heavy atom. The zero-order valence-electron chi connectivity index (χ0n) is 22.8. The first-order chi connectivity index (χ1) is 19.3. The first-order valence-electron chi connectivity index (χ1n) is 12.8. The number of halogens is 2. The SMILES string of the molecule is COc1cc(C(C)(C)c2cnc(SCCOc3ccc(-n4ccnc4C)cc3)n2-c2ccc(F)cc2)ccc1F. The van der Waals surface area contributed by atoms with Gasteiger partial charge in [-0.3, -0.25) is 4.57 Å². The second kappa shape index (κ2) is 11.6. The van der Waals surface area contributed by atoms with Crippen LogP contribution in [0.15, 0.2) is 90.5 Å². The minimum Gasteiger partial charge on any atom is -0.494 e. The number of imidazole rings is 2. The highest BCUT2D eigenvalue weighted by atomic mass is 32.2. The maximum Gasteiger partial charge on any atom is 0.172 e. The van der Waals surface area contributed by atoms with E-state index in [1.807, 2.05) is 66.6 Å². The van der Waals surface area contributed by atoms with Crippen LogP contribution in [0, 0.1) is 18.6 Å². The normalized spacial score (nSPS) is 11.6. The molecule has 0 saturated heterocycles. The summed E-state index contributed by atoms with van der Waals surface area (Å²) in [6, 6.07) is 19.1. The van der Waals surface area contributed by atoms with Crippen LogP contribution in [0.4, 0.5) is 8.78 Å². The Hall–Kier alpha value is -4.11. The molecule has 0 radical (unpaired) electrons. The summed E-state index contributed by atoms with van der Waals surface area (Å²) in [6.45, 7) is 6.52. The smallest absolute Gasteiger partial charge is 0.172 e. The van der Waals surface area contributed by atoms with E-state index in [9.17, 15) is 8.78 Å². The molecule has 2 aromatic heterocycles. The van der Waals surface area contributed by atoms with Gasteiger partial charge in [-0.2, -0.15) is 0 Å². The van der Waals surface area contributed by atoms with Gasteiger partial charge >= 0.3 is 0 Å². The first kappa shape index (κ1) is 27.5. The van der Waals surface area contributed by atoms with E-state index in [2.05, 4.69) is 4.98 Å². The predicted molar refractivity (Wildman–Crippen MR) is 153 cm³/mol. The monoisotopic (exact) mass is 560 g/mol. The van der Waals surface area contributed by atoms with Crippen molar-refractivity contribution < 1.29 is 18.3 Å². The quantitative estimate of drug-likeness (QED) is 0.134. The van der Waals surface area contributed by atoms with Crippen LogP contribution in [0.25, 0.3) is 11.4 Å². The van der Waals surface area contributed by atoms with E-state index in [0.29, 0.717) is 12.4 Å². The summed E-state index contributed by atoms with van der Waals surface area (Å²) in [6.07, 6.45) is 5.52. The number of rotatable bonds is 10. The maximum atomic E-state index is 14.1. The number of hydrogen-bond acceptors (Lipinski definition) is 5. The Morgan fingerprint density at radius 3 is 2.33 bits per heavy atom. The molecule has 0 N–H and O–H groups in total. The number of benzene rings is 3. The zero-order chi connectivity index (χ0) is 28.3. The van der Waals surface area contributed by atoms with Crippen molar-refractivity contribution >= 4 is 11.8 Å². The predicted octanol–water partition coefficient (Wildman–Crippen LogP) is 7.15. The van der Waals surface area contributed by atoms with Gasteiger partial charge in [-0.15, -0.1) is 0 Å². The zero-order valence-corrected chi connectivity index (χ0v) is 23.6. The van der Waals surface area contributed by atoms with Crippen molar-refractivity contribution in [1.82, 2.24) is 19.1 Å². The van der Waals surface area contributed by atoms with Gasteiger partial charge in [0.2, 0.25) is 0 Å². The van der Waals surface area contributed by atoms with Gasteiger partial charge in [-0.1, -0.05) is 31.7 Å². The summed E-state index contributed by atoms with van der Waals surface area (Å²) in [5.74, 6) is 1.78. The van der Waals surface area contributed by atoms with E-state index in [1.54, 1.807) is 42.2 Å². The Morgan fingerprint density at radius 2 is 1.65 bits per heavy atom. The van der Waals surface area contributed by atoms with Crippen molar-refractivity contribution in [2.75, 3.05) is 19.5 Å². The number of aryl methyl sites for hydroxylation is 1. The molecule has 0 aliphatic rings. The Labute approximate surface area is 236 Å².